The van der Waals surface area contributed by atoms with Crippen molar-refractivity contribution < 1.29 is 13.5 Å². The number of hydrogen-bond acceptors (Lipinski definition) is 4. The molecule has 0 unspecified atom stereocenters. The van der Waals surface area contributed by atoms with E-state index in [4.69, 9.17) is 10.8 Å². The summed E-state index contributed by atoms with van der Waals surface area (Å²) in [6.07, 6.45) is 0. The Morgan fingerprint density at radius 2 is 1.94 bits per heavy atom. The molecule has 88 valence electrons. The number of nitrogens with two attached hydrogens (primary N) is 1. The van der Waals surface area contributed by atoms with Gasteiger partial charge in [0.1, 0.15) is 5.75 Å². The summed E-state index contributed by atoms with van der Waals surface area (Å²) < 4.78 is 25.2. The molecule has 0 fully saturated rings. The van der Waals surface area contributed by atoms with Gasteiger partial charge in [0.25, 0.3) is 0 Å². The van der Waals surface area contributed by atoms with Crippen LogP contribution in [0.4, 0.5) is 5.69 Å². The van der Waals surface area contributed by atoms with Crippen LogP contribution in [0, 0.1) is 0 Å². The number of nitrogens with one attached hydrogen (secondary N) is 1. The first-order valence-electron chi connectivity index (χ1n) is 4.41. The van der Waals surface area contributed by atoms with E-state index in [0.29, 0.717) is 11.3 Å². The van der Waals surface area contributed by atoms with Crippen LogP contribution in [0.3, 0.4) is 0 Å². The maximum absolute atomic E-state index is 11.4. The van der Waals surface area contributed by atoms with Crippen LogP contribution in [0.5, 0.6) is 0 Å². The molecule has 0 heterocycles. The van der Waals surface area contributed by atoms with E-state index < -0.39 is 10.0 Å². The van der Waals surface area contributed by atoms with Crippen LogP contribution in [-0.4, -0.2) is 24.3 Å². The second kappa shape index (κ2) is 5.24. The third-order valence-corrected chi connectivity index (χ3v) is 3.31. The lowest BCUT2D eigenvalue weighted by Gasteiger charge is -2.07. The minimum atomic E-state index is -3.53. The number of hydrogen-bond donors (Lipinski definition) is 3. The van der Waals surface area contributed by atoms with Crippen molar-refractivity contribution in [3.8, 4) is 0 Å². The molecule has 0 saturated carbocycles. The molecule has 0 radical (unpaired) electrons. The van der Waals surface area contributed by atoms with E-state index in [9.17, 15) is 8.42 Å². The van der Waals surface area contributed by atoms with Crippen molar-refractivity contribution in [2.45, 2.75) is 6.61 Å². The predicted molar refractivity (Wildman–Crippen MR) is 66.6 cm³/mol. The molecular weight excluding hydrogens is 248 g/mol. The summed E-state index contributed by atoms with van der Waals surface area (Å²) in [5.74, 6) is -0.385. The van der Waals surface area contributed by atoms with E-state index in [1.165, 1.54) is 0 Å². The van der Waals surface area contributed by atoms with Crippen LogP contribution in [0.25, 0.3) is 0 Å². The number of sulfonamides is 1. The molecule has 4 N–H and O–H groups in total. The van der Waals surface area contributed by atoms with E-state index in [0.717, 1.165) is 0 Å². The monoisotopic (exact) mass is 260 g/mol. The molecule has 0 aliphatic rings. The van der Waals surface area contributed by atoms with Gasteiger partial charge in [0, 0.05) is 5.69 Å². The Balaban J connectivity index is 2.76. The Morgan fingerprint density at radius 3 is 2.38 bits per heavy atom. The van der Waals surface area contributed by atoms with Crippen molar-refractivity contribution >= 4 is 32.9 Å². The van der Waals surface area contributed by atoms with E-state index in [1.54, 1.807) is 24.3 Å². The Morgan fingerprint density at radius 1 is 1.38 bits per heavy atom. The number of aliphatic hydroxyl groups excluding tert-OH is 1. The van der Waals surface area contributed by atoms with Crippen molar-refractivity contribution in [3.63, 3.8) is 0 Å². The quantitative estimate of drug-likeness (QED) is 0.658. The standard InChI is InChI=1S/C9H12N2O3S2/c10-9(15)6-16(13,14)11-8-3-1-7(5-12)2-4-8/h1-4,11-12H,5-6H2,(H2,10,15). The second-order valence-electron chi connectivity index (χ2n) is 3.18. The summed E-state index contributed by atoms with van der Waals surface area (Å²) in [7, 11) is -3.53. The van der Waals surface area contributed by atoms with Gasteiger partial charge >= 0.3 is 0 Å². The molecule has 5 nitrogen and oxygen atoms in total. The molecule has 0 atom stereocenters. The van der Waals surface area contributed by atoms with Gasteiger partial charge in [0.2, 0.25) is 10.0 Å². The minimum absolute atomic E-state index is 0.0834. The number of rotatable bonds is 5. The fourth-order valence-corrected chi connectivity index (χ4v) is 2.49. The lowest BCUT2D eigenvalue weighted by atomic mass is 10.2. The van der Waals surface area contributed by atoms with Crippen molar-refractivity contribution in [1.29, 1.82) is 0 Å². The van der Waals surface area contributed by atoms with Crippen LogP contribution in [-0.2, 0) is 16.6 Å². The molecule has 0 aliphatic carbocycles. The predicted octanol–water partition coefficient (Wildman–Crippen LogP) is 0.207. The molecule has 1 rings (SSSR count). The number of benzene rings is 1. The van der Waals surface area contributed by atoms with Crippen molar-refractivity contribution in [1.82, 2.24) is 0 Å². The summed E-state index contributed by atoms with van der Waals surface area (Å²) in [4.78, 5) is -0.0838. The first-order chi connectivity index (χ1) is 7.43. The highest BCUT2D eigenvalue weighted by molar-refractivity contribution is 7.95. The van der Waals surface area contributed by atoms with Crippen LogP contribution in [0.2, 0.25) is 0 Å². The van der Waals surface area contributed by atoms with E-state index in [-0.39, 0.29) is 17.3 Å². The summed E-state index contributed by atoms with van der Waals surface area (Å²) in [5.41, 5.74) is 6.27. The van der Waals surface area contributed by atoms with Crippen LogP contribution < -0.4 is 10.5 Å². The number of aliphatic hydroxyl groups is 1. The van der Waals surface area contributed by atoms with E-state index in [2.05, 4.69) is 16.9 Å². The topological polar surface area (TPSA) is 92.4 Å². The average Bonchev–Trinajstić information content (AvgIpc) is 2.16. The van der Waals surface area contributed by atoms with Gasteiger partial charge in [-0.15, -0.1) is 0 Å². The Kier molecular flexibility index (Phi) is 4.22. The molecule has 0 amide bonds. The van der Waals surface area contributed by atoms with E-state index in [1.807, 2.05) is 0 Å². The van der Waals surface area contributed by atoms with Crippen molar-refractivity contribution in [3.05, 3.63) is 29.8 Å². The fourth-order valence-electron chi connectivity index (χ4n) is 1.08. The lowest BCUT2D eigenvalue weighted by Crippen LogP contribution is -2.26. The summed E-state index contributed by atoms with van der Waals surface area (Å²) in [6.45, 7) is -0.0834. The van der Waals surface area contributed by atoms with E-state index >= 15 is 0 Å². The summed E-state index contributed by atoms with van der Waals surface area (Å²) >= 11 is 4.52. The zero-order chi connectivity index (χ0) is 12.2. The highest BCUT2D eigenvalue weighted by atomic mass is 32.2. The molecule has 1 aromatic rings. The Labute approximate surface area is 99.3 Å². The average molecular weight is 260 g/mol. The Bertz CT molecular complexity index is 468. The molecule has 16 heavy (non-hydrogen) atoms. The molecule has 7 heteroatoms. The molecule has 0 saturated heterocycles. The normalized spacial score (nSPS) is 11.1. The maximum Gasteiger partial charge on any atom is 0.239 e. The molecule has 0 bridgehead atoms. The smallest absolute Gasteiger partial charge is 0.239 e. The van der Waals surface area contributed by atoms with Gasteiger partial charge in [0.15, 0.2) is 0 Å². The zero-order valence-corrected chi connectivity index (χ0v) is 10.0. The fraction of sp³-hybridized carbons (Fsp3) is 0.222. The first-order valence-corrected chi connectivity index (χ1v) is 6.47. The highest BCUT2D eigenvalue weighted by Crippen LogP contribution is 2.11. The maximum atomic E-state index is 11.4. The largest absolute Gasteiger partial charge is 0.392 e. The van der Waals surface area contributed by atoms with Gasteiger partial charge in [-0.25, -0.2) is 8.42 Å². The van der Waals surface area contributed by atoms with Gasteiger partial charge < -0.3 is 10.8 Å². The molecule has 1 aromatic carbocycles. The van der Waals surface area contributed by atoms with Gasteiger partial charge in [0.05, 0.1) is 11.6 Å². The van der Waals surface area contributed by atoms with Crippen molar-refractivity contribution in [2.75, 3.05) is 10.5 Å². The number of anilines is 1. The minimum Gasteiger partial charge on any atom is -0.392 e. The van der Waals surface area contributed by atoms with Gasteiger partial charge in [-0.2, -0.15) is 0 Å². The third-order valence-electron chi connectivity index (χ3n) is 1.74. The van der Waals surface area contributed by atoms with Gasteiger partial charge in [-0.3, -0.25) is 4.72 Å². The molecule has 0 aromatic heterocycles. The molecular formula is C9H12N2O3S2. The second-order valence-corrected chi connectivity index (χ2v) is 5.43. The SMILES string of the molecule is NC(=S)CS(=O)(=O)Nc1ccc(CO)cc1. The first kappa shape index (κ1) is 12.9. The van der Waals surface area contributed by atoms with Gasteiger partial charge in [-0.05, 0) is 17.7 Å². The van der Waals surface area contributed by atoms with Crippen LogP contribution >= 0.6 is 12.2 Å². The lowest BCUT2D eigenvalue weighted by molar-refractivity contribution is 0.282. The summed E-state index contributed by atoms with van der Waals surface area (Å²) in [6, 6.07) is 6.36. The zero-order valence-electron chi connectivity index (χ0n) is 8.38. The molecule has 0 spiro atoms. The third kappa shape index (κ3) is 4.13. The molecule has 0 aliphatic heterocycles. The van der Waals surface area contributed by atoms with Crippen molar-refractivity contribution in [2.24, 2.45) is 5.73 Å². The Hall–Kier alpha value is -1.18. The van der Waals surface area contributed by atoms with Gasteiger partial charge in [-0.1, -0.05) is 24.4 Å². The van der Waals surface area contributed by atoms with Crippen LogP contribution in [0.1, 0.15) is 5.56 Å². The number of thiocarbonyl (C=S) groups is 1. The summed E-state index contributed by atoms with van der Waals surface area (Å²) in [5, 5.41) is 8.81. The van der Waals surface area contributed by atoms with Crippen LogP contribution in [0.15, 0.2) is 24.3 Å². The highest BCUT2D eigenvalue weighted by Gasteiger charge is 2.11.